The van der Waals surface area contributed by atoms with Gasteiger partial charge in [0.25, 0.3) is 0 Å². The molecule has 5 heteroatoms. The minimum atomic E-state index is -0.466. The molecule has 2 N–H and O–H groups in total. The Morgan fingerprint density at radius 2 is 2.12 bits per heavy atom. The number of carbonyl (C=O) groups is 1. The SMILES string of the molecule is CCCc1nc2ccccc2n1C(N)=O.Cl. The molecule has 0 aliphatic carbocycles. The zero-order valence-corrected chi connectivity index (χ0v) is 9.83. The summed E-state index contributed by atoms with van der Waals surface area (Å²) >= 11 is 0. The molecule has 0 saturated heterocycles. The molecule has 86 valence electrons. The van der Waals surface area contributed by atoms with Gasteiger partial charge < -0.3 is 5.73 Å². The molecule has 0 aliphatic heterocycles. The number of fused-ring (bicyclic) bond motifs is 1. The van der Waals surface area contributed by atoms with Gasteiger partial charge in [-0.05, 0) is 18.6 Å². The Morgan fingerprint density at radius 3 is 2.75 bits per heavy atom. The highest BCUT2D eigenvalue weighted by Crippen LogP contribution is 2.16. The number of primary amides is 1. The summed E-state index contributed by atoms with van der Waals surface area (Å²) in [5, 5.41) is 0. The van der Waals surface area contributed by atoms with Gasteiger partial charge in [-0.25, -0.2) is 14.3 Å². The fourth-order valence-corrected chi connectivity index (χ4v) is 1.71. The van der Waals surface area contributed by atoms with Gasteiger partial charge in [-0.2, -0.15) is 0 Å². The largest absolute Gasteiger partial charge is 0.351 e. The van der Waals surface area contributed by atoms with E-state index in [1.807, 2.05) is 31.2 Å². The summed E-state index contributed by atoms with van der Waals surface area (Å²) in [5.41, 5.74) is 6.94. The molecule has 4 nitrogen and oxygen atoms in total. The van der Waals surface area contributed by atoms with Crippen LogP contribution in [-0.2, 0) is 6.42 Å². The molecule has 0 fully saturated rings. The van der Waals surface area contributed by atoms with Gasteiger partial charge in [0.1, 0.15) is 5.82 Å². The van der Waals surface area contributed by atoms with Crippen LogP contribution in [0.2, 0.25) is 0 Å². The van der Waals surface area contributed by atoms with Crippen molar-refractivity contribution in [1.29, 1.82) is 0 Å². The second-order valence-corrected chi connectivity index (χ2v) is 3.44. The van der Waals surface area contributed by atoms with Crippen molar-refractivity contribution < 1.29 is 4.79 Å². The Hall–Kier alpha value is -1.55. The van der Waals surface area contributed by atoms with Gasteiger partial charge in [0.2, 0.25) is 0 Å². The number of rotatable bonds is 2. The average molecular weight is 240 g/mol. The van der Waals surface area contributed by atoms with E-state index in [1.165, 1.54) is 4.57 Å². The van der Waals surface area contributed by atoms with Crippen LogP contribution in [0.3, 0.4) is 0 Å². The lowest BCUT2D eigenvalue weighted by atomic mass is 10.3. The van der Waals surface area contributed by atoms with Crippen LogP contribution in [0.25, 0.3) is 11.0 Å². The van der Waals surface area contributed by atoms with Crippen LogP contribution in [0.4, 0.5) is 4.79 Å². The van der Waals surface area contributed by atoms with E-state index in [4.69, 9.17) is 5.73 Å². The minimum absolute atomic E-state index is 0. The molecule has 1 aromatic carbocycles. The van der Waals surface area contributed by atoms with Crippen LogP contribution >= 0.6 is 12.4 Å². The fraction of sp³-hybridized carbons (Fsp3) is 0.273. The monoisotopic (exact) mass is 239 g/mol. The number of nitrogens with zero attached hydrogens (tertiary/aromatic N) is 2. The number of amides is 1. The van der Waals surface area contributed by atoms with Crippen LogP contribution in [0.5, 0.6) is 0 Å². The standard InChI is InChI=1S/C11H13N3O.ClH/c1-2-5-10-13-8-6-3-4-7-9(8)14(10)11(12)15;/h3-4,6-7H,2,5H2,1H3,(H2,12,15);1H. The first-order valence-corrected chi connectivity index (χ1v) is 5.00. The third kappa shape index (κ3) is 2.02. The van der Waals surface area contributed by atoms with Crippen LogP contribution < -0.4 is 5.73 Å². The van der Waals surface area contributed by atoms with Gasteiger partial charge in [0.15, 0.2) is 0 Å². The maximum atomic E-state index is 11.3. The van der Waals surface area contributed by atoms with E-state index in [1.54, 1.807) is 0 Å². The summed E-state index contributed by atoms with van der Waals surface area (Å²) in [4.78, 5) is 15.7. The van der Waals surface area contributed by atoms with Crippen molar-refractivity contribution in [3.63, 3.8) is 0 Å². The van der Waals surface area contributed by atoms with Crippen molar-refractivity contribution in [3.8, 4) is 0 Å². The zero-order chi connectivity index (χ0) is 10.8. The van der Waals surface area contributed by atoms with E-state index >= 15 is 0 Å². The van der Waals surface area contributed by atoms with Gasteiger partial charge in [-0.15, -0.1) is 12.4 Å². The Bertz CT molecular complexity index is 507. The predicted molar refractivity (Wildman–Crippen MR) is 66.0 cm³/mol. The minimum Gasteiger partial charge on any atom is -0.351 e. The van der Waals surface area contributed by atoms with Gasteiger partial charge >= 0.3 is 6.03 Å². The second kappa shape index (κ2) is 4.99. The Morgan fingerprint density at radius 1 is 1.44 bits per heavy atom. The summed E-state index contributed by atoms with van der Waals surface area (Å²) in [6.07, 6.45) is 1.70. The predicted octanol–water partition coefficient (Wildman–Crippen LogP) is 2.34. The van der Waals surface area contributed by atoms with Crippen LogP contribution in [0, 0.1) is 0 Å². The highest BCUT2D eigenvalue weighted by atomic mass is 35.5. The number of carbonyl (C=O) groups excluding carboxylic acids is 1. The molecule has 0 unspecified atom stereocenters. The van der Waals surface area contributed by atoms with E-state index in [9.17, 15) is 4.79 Å². The highest BCUT2D eigenvalue weighted by molar-refractivity contribution is 5.89. The maximum absolute atomic E-state index is 11.3. The van der Waals surface area contributed by atoms with Crippen molar-refractivity contribution in [2.24, 2.45) is 5.73 Å². The van der Waals surface area contributed by atoms with Gasteiger partial charge in [0, 0.05) is 6.42 Å². The third-order valence-electron chi connectivity index (χ3n) is 2.32. The number of halogens is 1. The van der Waals surface area contributed by atoms with E-state index in [0.29, 0.717) is 0 Å². The lowest BCUT2D eigenvalue weighted by Gasteiger charge is -2.01. The van der Waals surface area contributed by atoms with Crippen LogP contribution in [0.1, 0.15) is 19.2 Å². The molecule has 0 saturated carbocycles. The van der Waals surface area contributed by atoms with Gasteiger partial charge in [0.05, 0.1) is 11.0 Å². The number of hydrogen-bond donors (Lipinski definition) is 1. The van der Waals surface area contributed by atoms with Crippen molar-refractivity contribution in [3.05, 3.63) is 30.1 Å². The summed E-state index contributed by atoms with van der Waals surface area (Å²) in [7, 11) is 0. The number of aryl methyl sites for hydroxylation is 1. The smallest absolute Gasteiger partial charge is 0.324 e. The van der Waals surface area contributed by atoms with E-state index < -0.39 is 6.03 Å². The number of hydrogen-bond acceptors (Lipinski definition) is 2. The average Bonchev–Trinajstić information content (AvgIpc) is 2.56. The van der Waals surface area contributed by atoms with E-state index in [0.717, 1.165) is 29.7 Å². The molecule has 0 spiro atoms. The molecule has 1 aromatic heterocycles. The Balaban J connectivity index is 0.00000128. The molecular formula is C11H14ClN3O. The van der Waals surface area contributed by atoms with Gasteiger partial charge in [-0.1, -0.05) is 19.1 Å². The van der Waals surface area contributed by atoms with Crippen molar-refractivity contribution in [1.82, 2.24) is 9.55 Å². The van der Waals surface area contributed by atoms with E-state index in [2.05, 4.69) is 4.98 Å². The lowest BCUT2D eigenvalue weighted by molar-refractivity contribution is 0.250. The van der Waals surface area contributed by atoms with Crippen molar-refractivity contribution in [2.75, 3.05) is 0 Å². The quantitative estimate of drug-likeness (QED) is 0.874. The summed E-state index contributed by atoms with van der Waals surface area (Å²) in [6.45, 7) is 2.05. The number of aromatic nitrogens is 2. The first kappa shape index (κ1) is 12.5. The Labute approximate surface area is 99.9 Å². The summed E-state index contributed by atoms with van der Waals surface area (Å²) in [5.74, 6) is 0.742. The fourth-order valence-electron chi connectivity index (χ4n) is 1.71. The van der Waals surface area contributed by atoms with Crippen LogP contribution in [0.15, 0.2) is 24.3 Å². The Kier molecular flexibility index (Phi) is 3.90. The first-order valence-electron chi connectivity index (χ1n) is 5.00. The second-order valence-electron chi connectivity index (χ2n) is 3.44. The molecule has 1 heterocycles. The zero-order valence-electron chi connectivity index (χ0n) is 9.01. The van der Waals surface area contributed by atoms with Crippen molar-refractivity contribution >= 4 is 29.5 Å². The first-order chi connectivity index (χ1) is 7.24. The molecular weight excluding hydrogens is 226 g/mol. The molecule has 16 heavy (non-hydrogen) atoms. The number of para-hydroxylation sites is 2. The molecule has 1 amide bonds. The third-order valence-corrected chi connectivity index (χ3v) is 2.32. The normalized spacial score (nSPS) is 10.1. The molecule has 0 bridgehead atoms. The van der Waals surface area contributed by atoms with Crippen LogP contribution in [-0.4, -0.2) is 15.6 Å². The summed E-state index contributed by atoms with van der Waals surface area (Å²) < 4.78 is 1.48. The lowest BCUT2D eigenvalue weighted by Crippen LogP contribution is -2.21. The number of benzene rings is 1. The molecule has 0 atom stereocenters. The molecule has 2 aromatic rings. The highest BCUT2D eigenvalue weighted by Gasteiger charge is 2.12. The molecule has 0 radical (unpaired) electrons. The van der Waals surface area contributed by atoms with Crippen molar-refractivity contribution in [2.45, 2.75) is 19.8 Å². The molecule has 0 aliphatic rings. The topological polar surface area (TPSA) is 60.9 Å². The number of nitrogens with two attached hydrogens (primary N) is 1. The van der Waals surface area contributed by atoms with E-state index in [-0.39, 0.29) is 12.4 Å². The summed E-state index contributed by atoms with van der Waals surface area (Å²) in [6, 6.07) is 7.04. The maximum Gasteiger partial charge on any atom is 0.324 e. The molecule has 2 rings (SSSR count). The van der Waals surface area contributed by atoms with Gasteiger partial charge in [-0.3, -0.25) is 0 Å². The number of imidazole rings is 1.